The Hall–Kier alpha value is -1.65. The molecule has 5 heteroatoms. The minimum atomic E-state index is 0.164. The summed E-state index contributed by atoms with van der Waals surface area (Å²) in [6.07, 6.45) is 2.66. The zero-order valence-electron chi connectivity index (χ0n) is 5.10. The molecule has 0 radical (unpaired) electrons. The molecule has 0 saturated carbocycles. The molecule has 0 unspecified atom stereocenters. The Kier molecular flexibility index (Phi) is 1.79. The minimum absolute atomic E-state index is 0.164. The van der Waals surface area contributed by atoms with Gasteiger partial charge in [-0.1, -0.05) is 5.16 Å². The van der Waals surface area contributed by atoms with Crippen molar-refractivity contribution in [1.82, 2.24) is 9.97 Å². The SMILES string of the molecule is Nc1nccc(C=NO)n1. The van der Waals surface area contributed by atoms with Crippen LogP contribution in [0.15, 0.2) is 17.4 Å². The van der Waals surface area contributed by atoms with Crippen molar-refractivity contribution in [3.63, 3.8) is 0 Å². The molecule has 0 aromatic carbocycles. The number of nitrogen functional groups attached to an aromatic ring is 1. The fourth-order valence-corrected chi connectivity index (χ4v) is 0.519. The minimum Gasteiger partial charge on any atom is -0.411 e. The van der Waals surface area contributed by atoms with Gasteiger partial charge in [-0.2, -0.15) is 0 Å². The summed E-state index contributed by atoms with van der Waals surface area (Å²) in [7, 11) is 0. The van der Waals surface area contributed by atoms with Crippen molar-refractivity contribution in [2.45, 2.75) is 0 Å². The Morgan fingerprint density at radius 1 is 1.70 bits per heavy atom. The summed E-state index contributed by atoms with van der Waals surface area (Å²) in [6.45, 7) is 0. The van der Waals surface area contributed by atoms with E-state index in [2.05, 4.69) is 15.1 Å². The Labute approximate surface area is 57.2 Å². The third-order valence-electron chi connectivity index (χ3n) is 0.886. The number of rotatable bonds is 1. The number of aromatic nitrogens is 2. The zero-order valence-corrected chi connectivity index (χ0v) is 5.10. The third-order valence-corrected chi connectivity index (χ3v) is 0.886. The molecule has 0 aliphatic rings. The zero-order chi connectivity index (χ0) is 7.40. The fraction of sp³-hybridized carbons (Fsp3) is 0. The topological polar surface area (TPSA) is 84.4 Å². The van der Waals surface area contributed by atoms with Crippen molar-refractivity contribution in [3.05, 3.63) is 18.0 Å². The Bertz CT molecular complexity index is 247. The molecule has 52 valence electrons. The molecule has 0 aliphatic carbocycles. The van der Waals surface area contributed by atoms with Gasteiger partial charge in [0.15, 0.2) is 0 Å². The first-order valence-electron chi connectivity index (χ1n) is 2.59. The lowest BCUT2D eigenvalue weighted by Gasteiger charge is -1.90. The molecule has 1 heterocycles. The molecule has 0 saturated heterocycles. The molecule has 0 aliphatic heterocycles. The van der Waals surface area contributed by atoms with Crippen LogP contribution in [-0.2, 0) is 0 Å². The van der Waals surface area contributed by atoms with Crippen LogP contribution in [0.5, 0.6) is 0 Å². The van der Waals surface area contributed by atoms with Crippen LogP contribution >= 0.6 is 0 Å². The summed E-state index contributed by atoms with van der Waals surface area (Å²) < 4.78 is 0. The van der Waals surface area contributed by atoms with Crippen molar-refractivity contribution in [3.8, 4) is 0 Å². The number of oxime groups is 1. The van der Waals surface area contributed by atoms with Crippen LogP contribution in [0.3, 0.4) is 0 Å². The standard InChI is InChI=1S/C5H6N4O/c6-5-7-2-1-4(9-5)3-8-10/h1-3,10H,(H2,6,7,9). The number of nitrogens with zero attached hydrogens (tertiary/aromatic N) is 3. The smallest absolute Gasteiger partial charge is 0.220 e. The second-order valence-electron chi connectivity index (χ2n) is 1.58. The van der Waals surface area contributed by atoms with Gasteiger partial charge in [-0.15, -0.1) is 0 Å². The largest absolute Gasteiger partial charge is 0.411 e. The number of anilines is 1. The van der Waals surface area contributed by atoms with Crippen molar-refractivity contribution < 1.29 is 5.21 Å². The molecule has 0 amide bonds. The van der Waals surface area contributed by atoms with Gasteiger partial charge in [-0.25, -0.2) is 9.97 Å². The average Bonchev–Trinajstić information content (AvgIpc) is 1.88. The van der Waals surface area contributed by atoms with Gasteiger partial charge in [0.05, 0.1) is 11.9 Å². The highest BCUT2D eigenvalue weighted by Gasteiger charge is 1.89. The van der Waals surface area contributed by atoms with E-state index in [-0.39, 0.29) is 5.95 Å². The van der Waals surface area contributed by atoms with E-state index in [0.717, 1.165) is 0 Å². The lowest BCUT2D eigenvalue weighted by atomic mass is 10.4. The van der Waals surface area contributed by atoms with Gasteiger partial charge in [0.25, 0.3) is 0 Å². The molecule has 0 bridgehead atoms. The average molecular weight is 138 g/mol. The van der Waals surface area contributed by atoms with Crippen LogP contribution in [0.1, 0.15) is 5.69 Å². The Morgan fingerprint density at radius 2 is 2.50 bits per heavy atom. The van der Waals surface area contributed by atoms with E-state index in [9.17, 15) is 0 Å². The maximum absolute atomic E-state index is 8.08. The normalized spacial score (nSPS) is 10.4. The van der Waals surface area contributed by atoms with Crippen LogP contribution in [-0.4, -0.2) is 21.4 Å². The van der Waals surface area contributed by atoms with Gasteiger partial charge in [0, 0.05) is 6.20 Å². The summed E-state index contributed by atoms with van der Waals surface area (Å²) in [5, 5.41) is 10.9. The maximum Gasteiger partial charge on any atom is 0.220 e. The highest BCUT2D eigenvalue weighted by molar-refractivity contribution is 5.76. The lowest BCUT2D eigenvalue weighted by molar-refractivity contribution is 0.321. The molecule has 1 aromatic rings. The number of hydrogen-bond donors (Lipinski definition) is 2. The van der Waals surface area contributed by atoms with E-state index >= 15 is 0 Å². The first kappa shape index (κ1) is 6.47. The van der Waals surface area contributed by atoms with E-state index in [1.807, 2.05) is 0 Å². The highest BCUT2D eigenvalue weighted by atomic mass is 16.4. The van der Waals surface area contributed by atoms with Crippen molar-refractivity contribution in [2.75, 3.05) is 5.73 Å². The van der Waals surface area contributed by atoms with E-state index < -0.39 is 0 Å². The van der Waals surface area contributed by atoms with Gasteiger partial charge < -0.3 is 10.9 Å². The maximum atomic E-state index is 8.08. The van der Waals surface area contributed by atoms with Crippen molar-refractivity contribution in [1.29, 1.82) is 0 Å². The van der Waals surface area contributed by atoms with Gasteiger partial charge >= 0.3 is 0 Å². The fourth-order valence-electron chi connectivity index (χ4n) is 0.519. The molecular formula is C5H6N4O. The molecule has 0 spiro atoms. The van der Waals surface area contributed by atoms with E-state index in [4.69, 9.17) is 10.9 Å². The predicted octanol–water partition coefficient (Wildman–Crippen LogP) is -0.133. The third kappa shape index (κ3) is 1.41. The van der Waals surface area contributed by atoms with Crippen molar-refractivity contribution in [2.24, 2.45) is 5.16 Å². The van der Waals surface area contributed by atoms with Crippen LogP contribution in [0.4, 0.5) is 5.95 Å². The van der Waals surface area contributed by atoms with Gasteiger partial charge in [-0.3, -0.25) is 0 Å². The summed E-state index contributed by atoms with van der Waals surface area (Å²) in [5.74, 6) is 0.164. The molecule has 0 fully saturated rings. The Morgan fingerprint density at radius 3 is 3.10 bits per heavy atom. The van der Waals surface area contributed by atoms with Crippen LogP contribution in [0.2, 0.25) is 0 Å². The first-order valence-corrected chi connectivity index (χ1v) is 2.59. The van der Waals surface area contributed by atoms with Crippen molar-refractivity contribution >= 4 is 12.2 Å². The summed E-state index contributed by atoms with van der Waals surface area (Å²) in [4.78, 5) is 7.37. The number of hydrogen-bond acceptors (Lipinski definition) is 5. The molecule has 5 nitrogen and oxygen atoms in total. The van der Waals surface area contributed by atoms with Crippen LogP contribution in [0.25, 0.3) is 0 Å². The molecule has 0 atom stereocenters. The van der Waals surface area contributed by atoms with Gasteiger partial charge in [-0.05, 0) is 6.07 Å². The van der Waals surface area contributed by atoms with Crippen LogP contribution in [0, 0.1) is 0 Å². The summed E-state index contributed by atoms with van der Waals surface area (Å²) in [6, 6.07) is 1.58. The van der Waals surface area contributed by atoms with E-state index in [1.165, 1.54) is 12.4 Å². The van der Waals surface area contributed by atoms with Gasteiger partial charge in [0.1, 0.15) is 0 Å². The predicted molar refractivity (Wildman–Crippen MR) is 35.8 cm³/mol. The molecular weight excluding hydrogens is 132 g/mol. The Balaban J connectivity index is 2.95. The summed E-state index contributed by atoms with van der Waals surface area (Å²) >= 11 is 0. The molecule has 10 heavy (non-hydrogen) atoms. The molecule has 3 N–H and O–H groups in total. The van der Waals surface area contributed by atoms with Crippen LogP contribution < -0.4 is 5.73 Å². The molecule has 1 rings (SSSR count). The summed E-state index contributed by atoms with van der Waals surface area (Å²) in [5.41, 5.74) is 5.70. The molecule has 1 aromatic heterocycles. The second-order valence-corrected chi connectivity index (χ2v) is 1.58. The van der Waals surface area contributed by atoms with E-state index in [0.29, 0.717) is 5.69 Å². The van der Waals surface area contributed by atoms with Gasteiger partial charge in [0.2, 0.25) is 5.95 Å². The second kappa shape index (κ2) is 2.77. The quantitative estimate of drug-likeness (QED) is 0.321. The lowest BCUT2D eigenvalue weighted by Crippen LogP contribution is -1.96. The highest BCUT2D eigenvalue weighted by Crippen LogP contribution is 1.91. The number of nitrogens with two attached hydrogens (primary N) is 1. The monoisotopic (exact) mass is 138 g/mol. The van der Waals surface area contributed by atoms with E-state index in [1.54, 1.807) is 6.07 Å². The first-order chi connectivity index (χ1) is 4.83.